The Morgan fingerprint density at radius 1 is 1.71 bits per heavy atom. The summed E-state index contributed by atoms with van der Waals surface area (Å²) in [6.07, 6.45) is 1.93. The van der Waals surface area contributed by atoms with E-state index in [1.165, 1.54) is 5.06 Å². The summed E-state index contributed by atoms with van der Waals surface area (Å²) >= 11 is 0. The lowest BCUT2D eigenvalue weighted by Crippen LogP contribution is -2.28. The number of aliphatic hydroxyl groups excluding tert-OH is 1. The van der Waals surface area contributed by atoms with Crippen LogP contribution in [0, 0.1) is 6.92 Å². The van der Waals surface area contributed by atoms with Crippen molar-refractivity contribution in [2.45, 2.75) is 32.9 Å². The summed E-state index contributed by atoms with van der Waals surface area (Å²) in [6, 6.07) is 0. The molecule has 1 aromatic rings. The summed E-state index contributed by atoms with van der Waals surface area (Å²) in [5.74, 6) is -0.235. The van der Waals surface area contributed by atoms with Crippen LogP contribution in [-0.2, 0) is 11.4 Å². The summed E-state index contributed by atoms with van der Waals surface area (Å²) < 4.78 is 1.81. The molecule has 0 unspecified atom stereocenters. The number of hydroxylamine groups is 2. The molecule has 94 valence electrons. The molecule has 0 aromatic carbocycles. The van der Waals surface area contributed by atoms with Crippen LogP contribution in [0.5, 0.6) is 0 Å². The highest BCUT2D eigenvalue weighted by molar-refractivity contribution is 5.94. The molecular formula is C11H17N3O3. The fourth-order valence-electron chi connectivity index (χ4n) is 1.84. The van der Waals surface area contributed by atoms with Gasteiger partial charge in [0.15, 0.2) is 0 Å². The molecule has 0 spiro atoms. The Balaban J connectivity index is 2.14. The zero-order valence-corrected chi connectivity index (χ0v) is 10.1. The average molecular weight is 239 g/mol. The van der Waals surface area contributed by atoms with E-state index in [2.05, 4.69) is 12.0 Å². The molecule has 17 heavy (non-hydrogen) atoms. The van der Waals surface area contributed by atoms with Gasteiger partial charge in [-0.1, -0.05) is 6.92 Å². The minimum Gasteiger partial charge on any atom is -0.389 e. The van der Waals surface area contributed by atoms with E-state index in [1.54, 1.807) is 10.9 Å². The summed E-state index contributed by atoms with van der Waals surface area (Å²) in [4.78, 5) is 17.2. The van der Waals surface area contributed by atoms with Gasteiger partial charge in [0.2, 0.25) is 0 Å². The summed E-state index contributed by atoms with van der Waals surface area (Å²) in [7, 11) is 0. The number of aromatic nitrogens is 2. The van der Waals surface area contributed by atoms with Crippen molar-refractivity contribution in [1.29, 1.82) is 0 Å². The van der Waals surface area contributed by atoms with Crippen LogP contribution in [0.1, 0.15) is 29.4 Å². The second-order valence-electron chi connectivity index (χ2n) is 4.18. The van der Waals surface area contributed by atoms with Gasteiger partial charge < -0.3 is 5.11 Å². The first-order valence-corrected chi connectivity index (χ1v) is 5.78. The number of aliphatic hydroxyl groups is 1. The Kier molecular flexibility index (Phi) is 3.44. The van der Waals surface area contributed by atoms with Crippen molar-refractivity contribution in [3.63, 3.8) is 0 Å². The molecule has 1 aromatic heterocycles. The topological polar surface area (TPSA) is 67.6 Å². The number of carbonyl (C=O) groups is 1. The molecule has 1 saturated heterocycles. The quantitative estimate of drug-likeness (QED) is 0.826. The van der Waals surface area contributed by atoms with Crippen LogP contribution in [-0.4, -0.2) is 45.1 Å². The van der Waals surface area contributed by atoms with E-state index < -0.39 is 6.10 Å². The first-order chi connectivity index (χ1) is 8.13. The van der Waals surface area contributed by atoms with E-state index in [9.17, 15) is 9.90 Å². The lowest BCUT2D eigenvalue weighted by atomic mass is 10.2. The molecule has 1 aliphatic heterocycles. The van der Waals surface area contributed by atoms with E-state index in [0.717, 1.165) is 18.7 Å². The van der Waals surface area contributed by atoms with Gasteiger partial charge in [0, 0.05) is 12.2 Å². The predicted octanol–water partition coefficient (Wildman–Crippen LogP) is 0.350. The summed E-state index contributed by atoms with van der Waals surface area (Å²) in [5.41, 5.74) is 1.37. The Morgan fingerprint density at radius 3 is 3.06 bits per heavy atom. The molecule has 0 bridgehead atoms. The Bertz CT molecular complexity index is 416. The standard InChI is InChI=1S/C11H17N3O3/c1-3-4-13-8(2)10(5-12-13)11(16)14-6-9(15)7-17-14/h5,9,15H,3-4,6-7H2,1-2H3/t9-/m0/s1. The van der Waals surface area contributed by atoms with Crippen molar-refractivity contribution in [3.05, 3.63) is 17.5 Å². The fourth-order valence-corrected chi connectivity index (χ4v) is 1.84. The molecule has 0 radical (unpaired) electrons. The van der Waals surface area contributed by atoms with Crippen LogP contribution in [0.2, 0.25) is 0 Å². The second kappa shape index (κ2) is 4.85. The maximum atomic E-state index is 12.1. The molecule has 0 aliphatic carbocycles. The van der Waals surface area contributed by atoms with Crippen molar-refractivity contribution in [2.75, 3.05) is 13.2 Å². The van der Waals surface area contributed by atoms with Gasteiger partial charge in [-0.25, -0.2) is 5.06 Å². The molecule has 0 saturated carbocycles. The van der Waals surface area contributed by atoms with Crippen LogP contribution in [0.3, 0.4) is 0 Å². The smallest absolute Gasteiger partial charge is 0.280 e. The van der Waals surface area contributed by atoms with Crippen molar-refractivity contribution in [2.24, 2.45) is 0 Å². The van der Waals surface area contributed by atoms with Crippen LogP contribution in [0.25, 0.3) is 0 Å². The first kappa shape index (κ1) is 12.1. The maximum Gasteiger partial charge on any atom is 0.280 e. The molecule has 1 atom stereocenters. The monoisotopic (exact) mass is 239 g/mol. The van der Waals surface area contributed by atoms with Crippen molar-refractivity contribution >= 4 is 5.91 Å². The third kappa shape index (κ3) is 2.32. The maximum absolute atomic E-state index is 12.1. The molecule has 1 N–H and O–H groups in total. The van der Waals surface area contributed by atoms with Crippen molar-refractivity contribution in [3.8, 4) is 0 Å². The minimum atomic E-state index is -0.593. The highest BCUT2D eigenvalue weighted by Gasteiger charge is 2.28. The van der Waals surface area contributed by atoms with Crippen LogP contribution < -0.4 is 0 Å². The van der Waals surface area contributed by atoms with E-state index in [4.69, 9.17) is 4.84 Å². The molecule has 1 fully saturated rings. The number of hydrogen-bond donors (Lipinski definition) is 1. The Morgan fingerprint density at radius 2 is 2.47 bits per heavy atom. The zero-order valence-electron chi connectivity index (χ0n) is 10.1. The number of rotatable bonds is 3. The summed E-state index contributed by atoms with van der Waals surface area (Å²) in [6.45, 7) is 5.11. The van der Waals surface area contributed by atoms with Gasteiger partial charge >= 0.3 is 0 Å². The number of nitrogens with zero attached hydrogens (tertiary/aromatic N) is 3. The van der Waals surface area contributed by atoms with Gasteiger partial charge in [-0.2, -0.15) is 5.10 Å². The molecule has 6 heteroatoms. The first-order valence-electron chi connectivity index (χ1n) is 5.78. The number of aryl methyl sites for hydroxylation is 1. The third-order valence-corrected chi connectivity index (χ3v) is 2.79. The normalized spacial score (nSPS) is 19.9. The van der Waals surface area contributed by atoms with E-state index in [0.29, 0.717) is 5.56 Å². The van der Waals surface area contributed by atoms with Crippen LogP contribution in [0.4, 0.5) is 0 Å². The third-order valence-electron chi connectivity index (χ3n) is 2.79. The largest absolute Gasteiger partial charge is 0.389 e. The Hall–Kier alpha value is -1.40. The van der Waals surface area contributed by atoms with Gasteiger partial charge in [-0.15, -0.1) is 0 Å². The fraction of sp³-hybridized carbons (Fsp3) is 0.636. The van der Waals surface area contributed by atoms with Gasteiger partial charge in [0.1, 0.15) is 12.7 Å². The summed E-state index contributed by atoms with van der Waals surface area (Å²) in [5, 5.41) is 14.7. The van der Waals surface area contributed by atoms with Gasteiger partial charge in [-0.05, 0) is 13.3 Å². The van der Waals surface area contributed by atoms with Gasteiger partial charge in [0.25, 0.3) is 5.91 Å². The molecule has 6 nitrogen and oxygen atoms in total. The Labute approximate surface area is 99.7 Å². The number of carbonyl (C=O) groups excluding carboxylic acids is 1. The highest BCUT2D eigenvalue weighted by atomic mass is 16.7. The van der Waals surface area contributed by atoms with E-state index in [1.807, 2.05) is 6.92 Å². The van der Waals surface area contributed by atoms with Crippen molar-refractivity contribution < 1.29 is 14.7 Å². The number of β-amino-alcohol motifs (C(OH)–C–C–N with tert-alkyl or cyclic N) is 1. The number of amides is 1. The van der Waals surface area contributed by atoms with E-state index in [-0.39, 0.29) is 19.1 Å². The van der Waals surface area contributed by atoms with Crippen LogP contribution in [0.15, 0.2) is 6.20 Å². The zero-order chi connectivity index (χ0) is 12.4. The SMILES string of the molecule is CCCn1ncc(C(=O)N2C[C@H](O)CO2)c1C. The average Bonchev–Trinajstić information content (AvgIpc) is 2.87. The predicted molar refractivity (Wildman–Crippen MR) is 60.3 cm³/mol. The van der Waals surface area contributed by atoms with Crippen molar-refractivity contribution in [1.82, 2.24) is 14.8 Å². The highest BCUT2D eigenvalue weighted by Crippen LogP contribution is 2.15. The molecular weight excluding hydrogens is 222 g/mol. The second-order valence-corrected chi connectivity index (χ2v) is 4.18. The van der Waals surface area contributed by atoms with Gasteiger partial charge in [0.05, 0.1) is 18.3 Å². The number of hydrogen-bond acceptors (Lipinski definition) is 4. The van der Waals surface area contributed by atoms with Crippen LogP contribution >= 0.6 is 0 Å². The van der Waals surface area contributed by atoms with Gasteiger partial charge in [-0.3, -0.25) is 14.3 Å². The molecule has 2 rings (SSSR count). The molecule has 2 heterocycles. The van der Waals surface area contributed by atoms with E-state index >= 15 is 0 Å². The molecule has 1 amide bonds. The molecule has 1 aliphatic rings. The minimum absolute atomic E-state index is 0.174. The lowest BCUT2D eigenvalue weighted by Gasteiger charge is -2.13. The lowest BCUT2D eigenvalue weighted by molar-refractivity contribution is -0.0780.